The molecule has 86 valence electrons. The Morgan fingerprint density at radius 1 is 1.56 bits per heavy atom. The summed E-state index contributed by atoms with van der Waals surface area (Å²) < 4.78 is 5.69. The largest absolute Gasteiger partial charge is 0.340 e. The van der Waals surface area contributed by atoms with E-state index in [-0.39, 0.29) is 6.04 Å². The van der Waals surface area contributed by atoms with E-state index in [1.54, 1.807) is 18.3 Å². The Labute approximate surface area is 103 Å². The normalized spacial score (nSPS) is 12.9. The lowest BCUT2D eigenvalue weighted by molar-refractivity contribution is 0.384. The van der Waals surface area contributed by atoms with Crippen molar-refractivity contribution in [1.82, 2.24) is 15.5 Å². The lowest BCUT2D eigenvalue weighted by atomic mass is 10.3. The smallest absolute Gasteiger partial charge is 0.223 e. The first-order chi connectivity index (χ1) is 7.65. The van der Waals surface area contributed by atoms with Gasteiger partial charge in [-0.15, -0.1) is 11.3 Å². The van der Waals surface area contributed by atoms with Gasteiger partial charge in [0.15, 0.2) is 5.82 Å². The van der Waals surface area contributed by atoms with Gasteiger partial charge in [0, 0.05) is 17.8 Å². The van der Waals surface area contributed by atoms with Crippen LogP contribution in [-0.4, -0.2) is 10.1 Å². The maximum atomic E-state index is 5.88. The van der Waals surface area contributed by atoms with Gasteiger partial charge in [0.1, 0.15) is 0 Å². The maximum Gasteiger partial charge on any atom is 0.223 e. The van der Waals surface area contributed by atoms with Crippen LogP contribution in [0, 0.1) is 6.92 Å². The fourth-order valence-electron chi connectivity index (χ4n) is 1.32. The third-order valence-corrected chi connectivity index (χ3v) is 3.57. The molecule has 4 nitrogen and oxygen atoms in total. The number of nitrogens with one attached hydrogen (secondary N) is 1. The van der Waals surface area contributed by atoms with Crippen molar-refractivity contribution in [3.05, 3.63) is 33.1 Å². The summed E-state index contributed by atoms with van der Waals surface area (Å²) in [5.41, 5.74) is 0. The first-order valence-corrected chi connectivity index (χ1v) is 6.12. The molecular weight excluding hydrogens is 246 g/mol. The Hall–Kier alpha value is -0.910. The second kappa shape index (κ2) is 4.95. The molecule has 0 saturated carbocycles. The number of nitrogens with zero attached hydrogens (tertiary/aromatic N) is 2. The predicted octanol–water partition coefficient (Wildman–Crippen LogP) is 2.94. The number of halogens is 1. The van der Waals surface area contributed by atoms with Gasteiger partial charge in [-0.2, -0.15) is 4.98 Å². The van der Waals surface area contributed by atoms with Crippen LogP contribution < -0.4 is 5.32 Å². The van der Waals surface area contributed by atoms with Crippen LogP contribution in [0.5, 0.6) is 0 Å². The minimum absolute atomic E-state index is 0.233. The minimum Gasteiger partial charge on any atom is -0.340 e. The number of aromatic nitrogens is 2. The Bertz CT molecular complexity index is 468. The number of hydrogen-bond acceptors (Lipinski definition) is 5. The molecule has 2 heterocycles. The van der Waals surface area contributed by atoms with Gasteiger partial charge in [0.2, 0.25) is 5.89 Å². The van der Waals surface area contributed by atoms with E-state index in [9.17, 15) is 0 Å². The molecule has 0 aliphatic carbocycles. The molecule has 6 heteroatoms. The highest BCUT2D eigenvalue weighted by Gasteiger charge is 2.09. The van der Waals surface area contributed by atoms with Crippen LogP contribution in [0.4, 0.5) is 0 Å². The van der Waals surface area contributed by atoms with E-state index < -0.39 is 0 Å². The maximum absolute atomic E-state index is 5.88. The van der Waals surface area contributed by atoms with Gasteiger partial charge in [-0.05, 0) is 19.1 Å². The molecule has 0 bridgehead atoms. The SMILES string of the molecule is Cc1nc(CN[C@@H](C)c2ccc(Cl)s2)no1. The highest BCUT2D eigenvalue weighted by molar-refractivity contribution is 7.16. The van der Waals surface area contributed by atoms with E-state index in [1.807, 2.05) is 12.1 Å². The van der Waals surface area contributed by atoms with Crippen LogP contribution in [0.25, 0.3) is 0 Å². The lowest BCUT2D eigenvalue weighted by Crippen LogP contribution is -2.17. The van der Waals surface area contributed by atoms with Crippen LogP contribution in [0.1, 0.15) is 29.6 Å². The number of thiophene rings is 1. The van der Waals surface area contributed by atoms with E-state index in [1.165, 1.54) is 4.88 Å². The van der Waals surface area contributed by atoms with E-state index in [0.29, 0.717) is 18.3 Å². The molecule has 2 rings (SSSR count). The van der Waals surface area contributed by atoms with Crippen molar-refractivity contribution in [2.24, 2.45) is 0 Å². The van der Waals surface area contributed by atoms with Gasteiger partial charge in [-0.1, -0.05) is 16.8 Å². The van der Waals surface area contributed by atoms with E-state index in [2.05, 4.69) is 22.4 Å². The van der Waals surface area contributed by atoms with Gasteiger partial charge in [-0.3, -0.25) is 0 Å². The molecule has 1 N–H and O–H groups in total. The first kappa shape index (κ1) is 11.6. The third-order valence-electron chi connectivity index (χ3n) is 2.16. The van der Waals surface area contributed by atoms with Crippen molar-refractivity contribution in [2.45, 2.75) is 26.4 Å². The van der Waals surface area contributed by atoms with Crippen molar-refractivity contribution in [1.29, 1.82) is 0 Å². The molecule has 0 amide bonds. The summed E-state index contributed by atoms with van der Waals surface area (Å²) >= 11 is 7.45. The molecule has 0 aliphatic heterocycles. The van der Waals surface area contributed by atoms with Gasteiger partial charge in [0.25, 0.3) is 0 Å². The van der Waals surface area contributed by atoms with Crippen LogP contribution in [-0.2, 0) is 6.54 Å². The van der Waals surface area contributed by atoms with E-state index in [0.717, 1.165) is 4.34 Å². The summed E-state index contributed by atoms with van der Waals surface area (Å²) in [5, 5.41) is 7.12. The molecule has 2 aromatic rings. The number of hydrogen-bond donors (Lipinski definition) is 1. The molecule has 0 saturated heterocycles. The molecule has 0 fully saturated rings. The summed E-state index contributed by atoms with van der Waals surface area (Å²) in [6.07, 6.45) is 0. The zero-order chi connectivity index (χ0) is 11.5. The molecule has 0 spiro atoms. The summed E-state index contributed by atoms with van der Waals surface area (Å²) in [6.45, 7) is 4.45. The van der Waals surface area contributed by atoms with Crippen LogP contribution in [0.15, 0.2) is 16.7 Å². The third kappa shape index (κ3) is 2.81. The average Bonchev–Trinajstić information content (AvgIpc) is 2.84. The van der Waals surface area contributed by atoms with Gasteiger partial charge in [-0.25, -0.2) is 0 Å². The van der Waals surface area contributed by atoms with Gasteiger partial charge >= 0.3 is 0 Å². The Morgan fingerprint density at radius 3 is 2.94 bits per heavy atom. The summed E-state index contributed by atoms with van der Waals surface area (Å²) in [4.78, 5) is 5.32. The molecule has 0 aliphatic rings. The first-order valence-electron chi connectivity index (χ1n) is 4.93. The molecule has 0 aromatic carbocycles. The van der Waals surface area contributed by atoms with Crippen molar-refractivity contribution < 1.29 is 4.52 Å². The standard InChI is InChI=1S/C10H12ClN3OS/c1-6(8-3-4-9(11)16-8)12-5-10-13-7(2)15-14-10/h3-4,6,12H,5H2,1-2H3/t6-/m0/s1. The zero-order valence-electron chi connectivity index (χ0n) is 9.03. The lowest BCUT2D eigenvalue weighted by Gasteiger charge is -2.09. The highest BCUT2D eigenvalue weighted by atomic mass is 35.5. The molecule has 16 heavy (non-hydrogen) atoms. The van der Waals surface area contributed by atoms with Crippen LogP contribution >= 0.6 is 22.9 Å². The van der Waals surface area contributed by atoms with Gasteiger partial charge < -0.3 is 9.84 Å². The molecule has 0 unspecified atom stereocenters. The fourth-order valence-corrected chi connectivity index (χ4v) is 2.41. The Morgan fingerprint density at radius 2 is 2.38 bits per heavy atom. The predicted molar refractivity (Wildman–Crippen MR) is 63.6 cm³/mol. The second-order valence-electron chi connectivity index (χ2n) is 3.47. The van der Waals surface area contributed by atoms with E-state index >= 15 is 0 Å². The number of aryl methyl sites for hydroxylation is 1. The quantitative estimate of drug-likeness (QED) is 0.915. The Balaban J connectivity index is 1.91. The van der Waals surface area contributed by atoms with E-state index in [4.69, 9.17) is 16.1 Å². The molecule has 1 atom stereocenters. The monoisotopic (exact) mass is 257 g/mol. The van der Waals surface area contributed by atoms with Crippen molar-refractivity contribution in [2.75, 3.05) is 0 Å². The summed E-state index contributed by atoms with van der Waals surface area (Å²) in [6, 6.07) is 4.15. The fraction of sp³-hybridized carbons (Fsp3) is 0.400. The molecule has 2 aromatic heterocycles. The summed E-state index contributed by atoms with van der Waals surface area (Å²) in [5.74, 6) is 1.26. The van der Waals surface area contributed by atoms with Crippen molar-refractivity contribution in [3.63, 3.8) is 0 Å². The topological polar surface area (TPSA) is 51.0 Å². The van der Waals surface area contributed by atoms with Crippen LogP contribution in [0.3, 0.4) is 0 Å². The highest BCUT2D eigenvalue weighted by Crippen LogP contribution is 2.26. The van der Waals surface area contributed by atoms with Crippen molar-refractivity contribution in [3.8, 4) is 0 Å². The molecular formula is C10H12ClN3OS. The summed E-state index contributed by atoms with van der Waals surface area (Å²) in [7, 11) is 0. The minimum atomic E-state index is 0.233. The average molecular weight is 258 g/mol. The van der Waals surface area contributed by atoms with Crippen molar-refractivity contribution >= 4 is 22.9 Å². The van der Waals surface area contributed by atoms with Gasteiger partial charge in [0.05, 0.1) is 10.9 Å². The van der Waals surface area contributed by atoms with Crippen LogP contribution in [0.2, 0.25) is 4.34 Å². The number of rotatable bonds is 4. The zero-order valence-corrected chi connectivity index (χ0v) is 10.6. The molecule has 0 radical (unpaired) electrons. The second-order valence-corrected chi connectivity index (χ2v) is 5.22. The Kier molecular flexibility index (Phi) is 3.58.